The Morgan fingerprint density at radius 2 is 1.62 bits per heavy atom. The van der Waals surface area contributed by atoms with Gasteiger partial charge in [-0.05, 0) is 65.7 Å². The SMILES string of the molecule is COc1ccc(/C=C(/NC(=O)c2ccc(Br)cc2)C(=O)Nc2cccc(C(=O)[O-])c2)cc1. The van der Waals surface area contributed by atoms with Crippen molar-refractivity contribution in [1.29, 1.82) is 0 Å². The van der Waals surface area contributed by atoms with Crippen molar-refractivity contribution in [2.45, 2.75) is 0 Å². The fourth-order valence-electron chi connectivity index (χ4n) is 2.74. The number of anilines is 1. The zero-order valence-electron chi connectivity index (χ0n) is 16.9. The highest BCUT2D eigenvalue weighted by molar-refractivity contribution is 9.10. The van der Waals surface area contributed by atoms with Crippen molar-refractivity contribution in [3.05, 3.63) is 99.7 Å². The Hall–Kier alpha value is -3.91. The minimum atomic E-state index is -1.36. The first-order chi connectivity index (χ1) is 15.4. The second kappa shape index (κ2) is 10.4. The molecule has 0 fully saturated rings. The molecule has 0 aliphatic heterocycles. The summed E-state index contributed by atoms with van der Waals surface area (Å²) in [6.07, 6.45) is 1.51. The number of rotatable bonds is 7. The van der Waals surface area contributed by atoms with Gasteiger partial charge in [-0.2, -0.15) is 0 Å². The van der Waals surface area contributed by atoms with E-state index in [2.05, 4.69) is 26.6 Å². The fraction of sp³-hybridized carbons (Fsp3) is 0.0417. The first-order valence-electron chi connectivity index (χ1n) is 9.41. The Morgan fingerprint density at radius 1 is 0.938 bits per heavy atom. The van der Waals surface area contributed by atoms with E-state index in [4.69, 9.17) is 4.74 Å². The van der Waals surface area contributed by atoms with E-state index in [1.54, 1.807) is 55.6 Å². The predicted molar refractivity (Wildman–Crippen MR) is 122 cm³/mol. The van der Waals surface area contributed by atoms with Crippen LogP contribution in [0.4, 0.5) is 5.69 Å². The van der Waals surface area contributed by atoms with Gasteiger partial charge in [-0.15, -0.1) is 0 Å². The molecule has 0 heterocycles. The second-order valence-electron chi connectivity index (χ2n) is 6.61. The molecule has 0 saturated heterocycles. The Labute approximate surface area is 192 Å². The summed E-state index contributed by atoms with van der Waals surface area (Å²) in [4.78, 5) is 36.7. The summed E-state index contributed by atoms with van der Waals surface area (Å²) in [6.45, 7) is 0. The molecule has 0 unspecified atom stereocenters. The van der Waals surface area contributed by atoms with Gasteiger partial charge in [-0.25, -0.2) is 0 Å². The number of carbonyl (C=O) groups excluding carboxylic acids is 3. The summed E-state index contributed by atoms with van der Waals surface area (Å²) >= 11 is 3.31. The Morgan fingerprint density at radius 3 is 2.25 bits per heavy atom. The van der Waals surface area contributed by atoms with E-state index in [0.717, 1.165) is 4.47 Å². The number of halogens is 1. The van der Waals surface area contributed by atoms with Crippen LogP contribution in [0.2, 0.25) is 0 Å². The molecule has 2 amide bonds. The van der Waals surface area contributed by atoms with Crippen molar-refractivity contribution in [2.75, 3.05) is 12.4 Å². The number of hydrogen-bond donors (Lipinski definition) is 2. The molecular formula is C24H18BrN2O5-. The van der Waals surface area contributed by atoms with E-state index in [0.29, 0.717) is 16.9 Å². The van der Waals surface area contributed by atoms with Crippen LogP contribution in [0.15, 0.2) is 83.0 Å². The molecular weight excluding hydrogens is 476 g/mol. The molecule has 3 aromatic carbocycles. The molecule has 2 N–H and O–H groups in total. The number of carboxylic acids is 1. The number of aromatic carboxylic acids is 1. The summed E-state index contributed by atoms with van der Waals surface area (Å²) < 4.78 is 5.95. The van der Waals surface area contributed by atoms with Crippen molar-refractivity contribution < 1.29 is 24.2 Å². The molecule has 32 heavy (non-hydrogen) atoms. The van der Waals surface area contributed by atoms with E-state index in [1.165, 1.54) is 30.3 Å². The molecule has 162 valence electrons. The van der Waals surface area contributed by atoms with E-state index >= 15 is 0 Å². The van der Waals surface area contributed by atoms with Gasteiger partial charge >= 0.3 is 0 Å². The number of methoxy groups -OCH3 is 1. The summed E-state index contributed by atoms with van der Waals surface area (Å²) in [5.41, 5.74) is 1.15. The molecule has 0 atom stereocenters. The highest BCUT2D eigenvalue weighted by Gasteiger charge is 2.15. The van der Waals surface area contributed by atoms with Crippen LogP contribution in [-0.4, -0.2) is 24.9 Å². The van der Waals surface area contributed by atoms with Crippen LogP contribution in [0.3, 0.4) is 0 Å². The van der Waals surface area contributed by atoms with Crippen molar-refractivity contribution in [3.63, 3.8) is 0 Å². The van der Waals surface area contributed by atoms with E-state index in [1.807, 2.05) is 0 Å². The largest absolute Gasteiger partial charge is 0.545 e. The average molecular weight is 494 g/mol. The maximum Gasteiger partial charge on any atom is 0.272 e. The average Bonchev–Trinajstić information content (AvgIpc) is 2.79. The Kier molecular flexibility index (Phi) is 7.41. The number of carboxylic acid groups (broad SMARTS) is 1. The maximum absolute atomic E-state index is 13.0. The molecule has 0 spiro atoms. The molecule has 3 rings (SSSR count). The molecule has 0 aliphatic rings. The van der Waals surface area contributed by atoms with Crippen molar-refractivity contribution >= 4 is 45.5 Å². The lowest BCUT2D eigenvalue weighted by Crippen LogP contribution is -2.31. The van der Waals surface area contributed by atoms with Crippen molar-refractivity contribution in [1.82, 2.24) is 5.32 Å². The Balaban J connectivity index is 1.89. The number of nitrogens with one attached hydrogen (secondary N) is 2. The monoisotopic (exact) mass is 493 g/mol. The number of carbonyl (C=O) groups is 3. The maximum atomic E-state index is 13.0. The molecule has 8 heteroatoms. The predicted octanol–water partition coefficient (Wildman–Crippen LogP) is 3.23. The number of ether oxygens (including phenoxy) is 1. The first kappa shape index (κ1) is 22.8. The summed E-state index contributed by atoms with van der Waals surface area (Å²) in [5.74, 6) is -1.82. The van der Waals surface area contributed by atoms with Crippen LogP contribution in [0, 0.1) is 0 Å². The number of amides is 2. The van der Waals surface area contributed by atoms with E-state index < -0.39 is 17.8 Å². The van der Waals surface area contributed by atoms with Gasteiger partial charge < -0.3 is 25.3 Å². The van der Waals surface area contributed by atoms with Crippen LogP contribution in [0.1, 0.15) is 26.3 Å². The normalized spacial score (nSPS) is 10.9. The summed E-state index contributed by atoms with van der Waals surface area (Å²) in [7, 11) is 1.54. The molecule has 7 nitrogen and oxygen atoms in total. The van der Waals surface area contributed by atoms with E-state index in [-0.39, 0.29) is 16.9 Å². The van der Waals surface area contributed by atoms with Gasteiger partial charge in [0.2, 0.25) is 0 Å². The number of benzene rings is 3. The molecule has 0 saturated carbocycles. The Bertz CT molecular complexity index is 1170. The second-order valence-corrected chi connectivity index (χ2v) is 7.53. The third kappa shape index (κ3) is 6.05. The number of hydrogen-bond acceptors (Lipinski definition) is 5. The molecule has 0 aliphatic carbocycles. The lowest BCUT2D eigenvalue weighted by molar-refractivity contribution is -0.255. The first-order valence-corrected chi connectivity index (χ1v) is 10.2. The molecule has 0 radical (unpaired) electrons. The lowest BCUT2D eigenvalue weighted by atomic mass is 10.1. The standard InChI is InChI=1S/C24H19BrN2O5/c1-32-20-11-5-15(6-12-20)13-21(27-22(28)16-7-9-18(25)10-8-16)23(29)26-19-4-2-3-17(14-19)24(30)31/h2-14H,1H3,(H,26,29)(H,27,28)(H,30,31)/p-1/b21-13+. The topological polar surface area (TPSA) is 108 Å². The third-order valence-electron chi connectivity index (χ3n) is 4.38. The summed E-state index contributed by atoms with van der Waals surface area (Å²) in [6, 6.07) is 19.2. The van der Waals surface area contributed by atoms with Crippen LogP contribution in [0.25, 0.3) is 6.08 Å². The highest BCUT2D eigenvalue weighted by Crippen LogP contribution is 2.16. The van der Waals surface area contributed by atoms with Crippen molar-refractivity contribution in [2.24, 2.45) is 0 Å². The zero-order chi connectivity index (χ0) is 23.1. The van der Waals surface area contributed by atoms with Gasteiger partial charge in [-0.1, -0.05) is 40.2 Å². The third-order valence-corrected chi connectivity index (χ3v) is 4.91. The smallest absolute Gasteiger partial charge is 0.272 e. The highest BCUT2D eigenvalue weighted by atomic mass is 79.9. The van der Waals surface area contributed by atoms with Gasteiger partial charge in [0.15, 0.2) is 0 Å². The molecule has 0 aromatic heterocycles. The van der Waals surface area contributed by atoms with Crippen LogP contribution < -0.4 is 20.5 Å². The zero-order valence-corrected chi connectivity index (χ0v) is 18.5. The van der Waals surface area contributed by atoms with Gasteiger partial charge in [0.1, 0.15) is 11.4 Å². The van der Waals surface area contributed by atoms with Gasteiger partial charge in [0.05, 0.1) is 13.1 Å². The summed E-state index contributed by atoms with van der Waals surface area (Å²) in [5, 5.41) is 16.3. The fourth-order valence-corrected chi connectivity index (χ4v) is 3.01. The van der Waals surface area contributed by atoms with Crippen LogP contribution in [0.5, 0.6) is 5.75 Å². The van der Waals surface area contributed by atoms with Crippen LogP contribution in [-0.2, 0) is 4.79 Å². The van der Waals surface area contributed by atoms with E-state index in [9.17, 15) is 19.5 Å². The lowest BCUT2D eigenvalue weighted by Gasteiger charge is -2.12. The van der Waals surface area contributed by atoms with Crippen LogP contribution >= 0.6 is 15.9 Å². The van der Waals surface area contributed by atoms with Gasteiger partial charge in [-0.3, -0.25) is 9.59 Å². The molecule has 3 aromatic rings. The van der Waals surface area contributed by atoms with Crippen molar-refractivity contribution in [3.8, 4) is 5.75 Å². The van der Waals surface area contributed by atoms with Gasteiger partial charge in [0, 0.05) is 15.7 Å². The minimum Gasteiger partial charge on any atom is -0.545 e. The van der Waals surface area contributed by atoms with Gasteiger partial charge in [0.25, 0.3) is 11.8 Å². The quantitative estimate of drug-likeness (QED) is 0.491. The molecule has 0 bridgehead atoms. The minimum absolute atomic E-state index is 0.0260.